The third-order valence-electron chi connectivity index (χ3n) is 1.80. The predicted molar refractivity (Wildman–Crippen MR) is 70.5 cm³/mol. The van der Waals surface area contributed by atoms with Gasteiger partial charge in [-0.15, -0.1) is 0 Å². The van der Waals surface area contributed by atoms with Gasteiger partial charge in [0.25, 0.3) is 0 Å². The number of halogens is 3. The molecule has 105 valence electrons. The summed E-state index contributed by atoms with van der Waals surface area (Å²) in [5.74, 6) is 0. The van der Waals surface area contributed by atoms with E-state index in [1.165, 1.54) is 6.92 Å². The van der Waals surface area contributed by atoms with Crippen LogP contribution in [0, 0.1) is 13.8 Å². The van der Waals surface area contributed by atoms with Crippen molar-refractivity contribution in [1.82, 2.24) is 10.2 Å². The maximum atomic E-state index is 12.6. The van der Waals surface area contributed by atoms with Gasteiger partial charge in [0.2, 0.25) is 0 Å². The Hall–Kier alpha value is -0.572. The van der Waals surface area contributed by atoms with Crippen molar-refractivity contribution >= 4 is 20.1 Å². The van der Waals surface area contributed by atoms with Crippen LogP contribution in [-0.2, 0) is 6.18 Å². The first-order chi connectivity index (χ1) is 8.38. The van der Waals surface area contributed by atoms with Crippen LogP contribution in [0.4, 0.5) is 13.2 Å². The van der Waals surface area contributed by atoms with Crippen molar-refractivity contribution in [3.05, 3.63) is 17.0 Å². The fourth-order valence-corrected chi connectivity index (χ4v) is 3.06. The molecule has 0 amide bonds. The van der Waals surface area contributed by atoms with Crippen LogP contribution in [-0.4, -0.2) is 25.9 Å². The van der Waals surface area contributed by atoms with Crippen molar-refractivity contribution in [2.24, 2.45) is 0 Å². The zero-order valence-corrected chi connectivity index (χ0v) is 13.9. The summed E-state index contributed by atoms with van der Waals surface area (Å²) in [6.45, 7) is 10.9. The van der Waals surface area contributed by atoms with E-state index in [4.69, 9.17) is 0 Å². The zero-order chi connectivity index (χ0) is 14.9. The van der Waals surface area contributed by atoms with Gasteiger partial charge in [-0.2, -0.15) is 0 Å². The Morgan fingerprint density at radius 1 is 0.889 bits per heavy atom. The van der Waals surface area contributed by atoms with Gasteiger partial charge in [0.05, 0.1) is 0 Å². The Kier molecular flexibility index (Phi) is 10.3. The van der Waals surface area contributed by atoms with E-state index in [0.29, 0.717) is 10.0 Å². The van der Waals surface area contributed by atoms with Gasteiger partial charge in [0, 0.05) is 0 Å². The van der Waals surface area contributed by atoms with Gasteiger partial charge >= 0.3 is 86.2 Å². The average Bonchev–Trinajstić information content (AvgIpc) is 2.35. The van der Waals surface area contributed by atoms with Gasteiger partial charge in [0.1, 0.15) is 0 Å². The summed E-state index contributed by atoms with van der Waals surface area (Å²) in [7, 11) is 0. The second-order valence-corrected chi connectivity index (χ2v) is 4.69. The Labute approximate surface area is 114 Å². The molecule has 0 aliphatic carbocycles. The number of rotatable bonds is 1. The Balaban J connectivity index is 0. The van der Waals surface area contributed by atoms with E-state index in [2.05, 4.69) is 10.2 Å². The summed E-state index contributed by atoms with van der Waals surface area (Å²) < 4.78 is 38.2. The third-order valence-corrected chi connectivity index (χ3v) is 3.88. The molecule has 2 nitrogen and oxygen atoms in total. The molecule has 0 unspecified atom stereocenters. The van der Waals surface area contributed by atoms with Crippen LogP contribution in [0.1, 0.15) is 44.6 Å². The van der Waals surface area contributed by atoms with Crippen molar-refractivity contribution in [3.8, 4) is 0 Å². The summed E-state index contributed by atoms with van der Waals surface area (Å²) >= 11 is -0.498. The number of aryl methyl sites for hydroxylation is 2. The molecular weight excluding hydrogens is 304 g/mol. The molecule has 0 fully saturated rings. The topological polar surface area (TPSA) is 25.8 Å². The number of aromatic nitrogens is 2. The monoisotopic (exact) mass is 325 g/mol. The van der Waals surface area contributed by atoms with Crippen molar-refractivity contribution in [2.45, 2.75) is 53.4 Å². The molecule has 0 aromatic carbocycles. The van der Waals surface area contributed by atoms with E-state index in [0.717, 1.165) is 0 Å². The van der Waals surface area contributed by atoms with Crippen LogP contribution in [0.15, 0.2) is 0 Å². The molecule has 0 atom stereocenters. The molecule has 1 heterocycles. The normalized spacial score (nSPS) is 10.6. The Bertz CT molecular complexity index is 352. The fourth-order valence-electron chi connectivity index (χ4n) is 1.21. The van der Waals surface area contributed by atoms with Gasteiger partial charge in [0.15, 0.2) is 0 Å². The van der Waals surface area contributed by atoms with Crippen LogP contribution in [0.2, 0.25) is 5.71 Å². The van der Waals surface area contributed by atoms with Gasteiger partial charge < -0.3 is 0 Å². The SMILES string of the molecule is CC.CC.C[As]c1c(C)nnc(C)c1C(F)(F)F. The average molecular weight is 325 g/mol. The molecule has 1 radical (unpaired) electrons. The quantitative estimate of drug-likeness (QED) is 0.738. The molecule has 0 saturated carbocycles. The summed E-state index contributed by atoms with van der Waals surface area (Å²) in [6, 6.07) is 0. The molecule has 0 aliphatic heterocycles. The van der Waals surface area contributed by atoms with E-state index in [1.807, 2.05) is 27.7 Å². The molecule has 1 rings (SSSR count). The van der Waals surface area contributed by atoms with E-state index < -0.39 is 27.5 Å². The standard InChI is InChI=1S/C8H9AsF3N2.2C2H6/c1-4-6(8(10,11)12)7(9-3)5(2)14-13-4;2*1-2/h1-3H3;2*1-2H3. The van der Waals surface area contributed by atoms with Crippen molar-refractivity contribution in [3.63, 3.8) is 0 Å². The molecular formula is C12H21AsF3N2. The molecule has 1 aromatic rings. The number of hydrogen-bond donors (Lipinski definition) is 0. The first-order valence-electron chi connectivity index (χ1n) is 5.88. The van der Waals surface area contributed by atoms with Crippen LogP contribution < -0.4 is 4.35 Å². The molecule has 1 aromatic heterocycles. The van der Waals surface area contributed by atoms with Crippen LogP contribution in [0.25, 0.3) is 0 Å². The second-order valence-electron chi connectivity index (χ2n) is 2.82. The second kappa shape index (κ2) is 9.37. The van der Waals surface area contributed by atoms with Crippen molar-refractivity contribution in [1.29, 1.82) is 0 Å². The molecule has 0 aliphatic rings. The number of hydrogen-bond acceptors (Lipinski definition) is 2. The molecule has 0 N–H and O–H groups in total. The fraction of sp³-hybridized carbons (Fsp3) is 0.667. The van der Waals surface area contributed by atoms with E-state index in [-0.39, 0.29) is 5.69 Å². The van der Waals surface area contributed by atoms with Crippen LogP contribution in [0.3, 0.4) is 0 Å². The first-order valence-corrected chi connectivity index (χ1v) is 8.70. The first kappa shape index (κ1) is 19.8. The van der Waals surface area contributed by atoms with Crippen LogP contribution in [0.5, 0.6) is 0 Å². The van der Waals surface area contributed by atoms with E-state index >= 15 is 0 Å². The van der Waals surface area contributed by atoms with E-state index in [9.17, 15) is 13.2 Å². The zero-order valence-electron chi connectivity index (χ0n) is 12.0. The molecule has 6 heteroatoms. The molecule has 0 saturated heterocycles. The van der Waals surface area contributed by atoms with Crippen molar-refractivity contribution < 1.29 is 13.2 Å². The molecule has 18 heavy (non-hydrogen) atoms. The van der Waals surface area contributed by atoms with Crippen LogP contribution >= 0.6 is 0 Å². The minimum atomic E-state index is -4.31. The summed E-state index contributed by atoms with van der Waals surface area (Å²) in [5.41, 5.74) is 1.54. The van der Waals surface area contributed by atoms with Gasteiger partial charge in [-0.05, 0) is 0 Å². The number of alkyl halides is 3. The third kappa shape index (κ3) is 5.38. The van der Waals surface area contributed by atoms with Gasteiger partial charge in [-0.3, -0.25) is 0 Å². The van der Waals surface area contributed by atoms with E-state index in [1.54, 1.807) is 12.6 Å². The Morgan fingerprint density at radius 2 is 1.28 bits per heavy atom. The summed E-state index contributed by atoms with van der Waals surface area (Å²) in [6.07, 6.45) is -4.31. The summed E-state index contributed by atoms with van der Waals surface area (Å²) in [5, 5.41) is 7.20. The van der Waals surface area contributed by atoms with Gasteiger partial charge in [-0.25, -0.2) is 0 Å². The van der Waals surface area contributed by atoms with Gasteiger partial charge in [-0.1, -0.05) is 27.7 Å². The number of nitrogens with zero attached hydrogens (tertiary/aromatic N) is 2. The predicted octanol–water partition coefficient (Wildman–Crippen LogP) is 3.54. The van der Waals surface area contributed by atoms with Crippen molar-refractivity contribution in [2.75, 3.05) is 0 Å². The maximum absolute atomic E-state index is 12.6. The minimum absolute atomic E-state index is 0.0322. The molecule has 0 spiro atoms. The Morgan fingerprint density at radius 3 is 1.56 bits per heavy atom. The summed E-state index contributed by atoms with van der Waals surface area (Å²) in [4.78, 5) is 0. The molecule has 0 bridgehead atoms.